The molecule has 0 aliphatic carbocycles. The highest BCUT2D eigenvalue weighted by atomic mass is 32.2. The van der Waals surface area contributed by atoms with Crippen molar-refractivity contribution in [3.8, 4) is 11.1 Å². The normalized spacial score (nSPS) is 13.3. The number of methoxy groups -OCH3 is 1. The molecule has 0 radical (unpaired) electrons. The number of thiol groups is 1. The van der Waals surface area contributed by atoms with Gasteiger partial charge in [0.2, 0.25) is 0 Å². The van der Waals surface area contributed by atoms with Gasteiger partial charge in [0, 0.05) is 18.3 Å². The Balaban J connectivity index is 2.24. The fraction of sp³-hybridized carbons (Fsp3) is 0.375. The first kappa shape index (κ1) is 24.5. The van der Waals surface area contributed by atoms with Crippen LogP contribution in [0, 0.1) is 0 Å². The van der Waals surface area contributed by atoms with Gasteiger partial charge < -0.3 is 15.8 Å². The van der Waals surface area contributed by atoms with Gasteiger partial charge in [0.05, 0.1) is 7.11 Å². The van der Waals surface area contributed by atoms with Crippen LogP contribution in [0.15, 0.2) is 60.7 Å². The second-order valence-electron chi connectivity index (χ2n) is 7.07. The molecule has 4 nitrogen and oxygen atoms in total. The molecule has 0 aliphatic heterocycles. The lowest BCUT2D eigenvalue weighted by Crippen LogP contribution is -2.37. The Morgan fingerprint density at radius 1 is 1.27 bits per heavy atom. The number of allylic oxidation sites excluding steroid dienone is 1. The third kappa shape index (κ3) is 7.84. The average Bonchev–Trinajstić information content (AvgIpc) is 2.79. The number of hydrogen-bond donors (Lipinski definition) is 3. The molecule has 6 heteroatoms. The molecule has 0 bridgehead atoms. The van der Waals surface area contributed by atoms with Crippen molar-refractivity contribution < 1.29 is 9.53 Å². The summed E-state index contributed by atoms with van der Waals surface area (Å²) in [6.45, 7) is 0.589. The molecule has 0 saturated heterocycles. The van der Waals surface area contributed by atoms with Crippen LogP contribution in [0.5, 0.6) is 0 Å². The average molecular weight is 445 g/mol. The zero-order valence-electron chi connectivity index (χ0n) is 17.7. The first-order valence-electron chi connectivity index (χ1n) is 10.1. The SMILES string of the molecule is COC(=O)C(CCSC)NCc1cc(C/C=C/C(N)CS)ccc1-c1ccccc1. The Hall–Kier alpha value is -1.73. The fourth-order valence-electron chi connectivity index (χ4n) is 3.17. The second kappa shape index (κ2) is 13.5. The van der Waals surface area contributed by atoms with Crippen LogP contribution in [0.2, 0.25) is 0 Å². The van der Waals surface area contributed by atoms with Crippen molar-refractivity contribution in [3.05, 3.63) is 71.8 Å². The number of carbonyl (C=O) groups excluding carboxylic acids is 1. The maximum atomic E-state index is 12.2. The Labute approximate surface area is 190 Å². The molecule has 0 aliphatic rings. The smallest absolute Gasteiger partial charge is 0.322 e. The molecule has 30 heavy (non-hydrogen) atoms. The molecule has 2 atom stereocenters. The largest absolute Gasteiger partial charge is 0.468 e. The number of esters is 1. The number of thioether (sulfide) groups is 1. The Bertz CT molecular complexity index is 812. The van der Waals surface area contributed by atoms with E-state index in [4.69, 9.17) is 10.5 Å². The standard InChI is InChI=1S/C24H32N2O2S2/c1-28-24(27)23(13-14-30-2)26-16-20-15-18(7-6-10-21(25)17-29)11-12-22(20)19-8-4-3-5-9-19/h3-6,8-12,15,21,23,26,29H,7,13-14,16-17,25H2,1-2H3/b10-6+. The lowest BCUT2D eigenvalue weighted by Gasteiger charge is -2.18. The molecule has 0 amide bonds. The number of benzene rings is 2. The van der Waals surface area contributed by atoms with E-state index >= 15 is 0 Å². The number of nitrogens with one attached hydrogen (secondary N) is 1. The minimum absolute atomic E-state index is 0.0321. The van der Waals surface area contributed by atoms with Gasteiger partial charge in [-0.2, -0.15) is 24.4 Å². The third-order valence-corrected chi connectivity index (χ3v) is 5.90. The van der Waals surface area contributed by atoms with E-state index in [0.717, 1.165) is 35.3 Å². The van der Waals surface area contributed by atoms with Gasteiger partial charge >= 0.3 is 5.97 Å². The van der Waals surface area contributed by atoms with E-state index in [2.05, 4.69) is 54.4 Å². The maximum Gasteiger partial charge on any atom is 0.322 e. The van der Waals surface area contributed by atoms with Crippen molar-refractivity contribution in [2.75, 3.05) is 24.9 Å². The molecule has 0 spiro atoms. The quantitative estimate of drug-likeness (QED) is 0.261. The first-order chi connectivity index (χ1) is 14.6. The van der Waals surface area contributed by atoms with E-state index in [0.29, 0.717) is 12.3 Å². The van der Waals surface area contributed by atoms with Crippen LogP contribution in [-0.4, -0.2) is 42.9 Å². The van der Waals surface area contributed by atoms with Gasteiger partial charge in [-0.3, -0.25) is 4.79 Å². The third-order valence-electron chi connectivity index (χ3n) is 4.84. The molecule has 2 unspecified atom stereocenters. The van der Waals surface area contributed by atoms with Gasteiger partial charge in [-0.1, -0.05) is 60.7 Å². The van der Waals surface area contributed by atoms with Crippen LogP contribution in [-0.2, 0) is 22.5 Å². The maximum absolute atomic E-state index is 12.2. The molecular weight excluding hydrogens is 412 g/mol. The Morgan fingerprint density at radius 3 is 2.70 bits per heavy atom. The van der Waals surface area contributed by atoms with Crippen LogP contribution in [0.25, 0.3) is 11.1 Å². The first-order valence-corrected chi connectivity index (χ1v) is 12.1. The van der Waals surface area contributed by atoms with Gasteiger partial charge in [-0.25, -0.2) is 0 Å². The highest BCUT2D eigenvalue weighted by molar-refractivity contribution is 7.98. The summed E-state index contributed by atoms with van der Waals surface area (Å²) < 4.78 is 4.98. The number of hydrogen-bond acceptors (Lipinski definition) is 6. The molecule has 162 valence electrons. The van der Waals surface area contributed by atoms with E-state index in [1.807, 2.05) is 30.5 Å². The summed E-state index contributed by atoms with van der Waals surface area (Å²) >= 11 is 5.94. The summed E-state index contributed by atoms with van der Waals surface area (Å²) in [7, 11) is 1.44. The van der Waals surface area contributed by atoms with Crippen molar-refractivity contribution in [1.82, 2.24) is 5.32 Å². The van der Waals surface area contributed by atoms with Crippen LogP contribution in [0.1, 0.15) is 17.5 Å². The minimum atomic E-state index is -0.317. The highest BCUT2D eigenvalue weighted by Crippen LogP contribution is 2.25. The van der Waals surface area contributed by atoms with Gasteiger partial charge in [-0.05, 0) is 47.1 Å². The van der Waals surface area contributed by atoms with Crippen molar-refractivity contribution in [2.24, 2.45) is 5.73 Å². The van der Waals surface area contributed by atoms with Crippen LogP contribution in [0.4, 0.5) is 0 Å². The molecule has 0 aromatic heterocycles. The highest BCUT2D eigenvalue weighted by Gasteiger charge is 2.18. The summed E-state index contributed by atoms with van der Waals surface area (Å²) in [5, 5.41) is 3.41. The molecular formula is C24H32N2O2S2. The number of carbonyl (C=O) groups is 1. The van der Waals surface area contributed by atoms with Crippen molar-refractivity contribution in [2.45, 2.75) is 31.5 Å². The van der Waals surface area contributed by atoms with Crippen LogP contribution >= 0.6 is 24.4 Å². The summed E-state index contributed by atoms with van der Waals surface area (Å²) in [6, 6.07) is 16.5. The van der Waals surface area contributed by atoms with Gasteiger partial charge in [0.15, 0.2) is 0 Å². The Kier molecular flexibility index (Phi) is 11.1. The monoisotopic (exact) mass is 444 g/mol. The molecule has 2 rings (SSSR count). The molecule has 2 aromatic carbocycles. The topological polar surface area (TPSA) is 64.3 Å². The number of nitrogens with two attached hydrogens (primary N) is 1. The van der Waals surface area contributed by atoms with E-state index < -0.39 is 0 Å². The number of rotatable bonds is 12. The molecule has 0 saturated carbocycles. The molecule has 0 fully saturated rings. The molecule has 3 N–H and O–H groups in total. The van der Waals surface area contributed by atoms with Crippen molar-refractivity contribution >= 4 is 30.4 Å². The zero-order valence-corrected chi connectivity index (χ0v) is 19.4. The summed E-state index contributed by atoms with van der Waals surface area (Å²) in [4.78, 5) is 12.2. The minimum Gasteiger partial charge on any atom is -0.468 e. The van der Waals surface area contributed by atoms with Crippen molar-refractivity contribution in [3.63, 3.8) is 0 Å². The lowest BCUT2D eigenvalue weighted by atomic mass is 9.96. The van der Waals surface area contributed by atoms with Gasteiger partial charge in [-0.15, -0.1) is 0 Å². The van der Waals surface area contributed by atoms with Crippen LogP contribution < -0.4 is 11.1 Å². The predicted octanol–water partition coefficient (Wildman–Crippen LogP) is 4.09. The second-order valence-corrected chi connectivity index (χ2v) is 8.43. The fourth-order valence-corrected chi connectivity index (χ4v) is 3.77. The van der Waals surface area contributed by atoms with Crippen LogP contribution in [0.3, 0.4) is 0 Å². The van der Waals surface area contributed by atoms with Gasteiger partial charge in [0.1, 0.15) is 6.04 Å². The summed E-state index contributed by atoms with van der Waals surface area (Å²) in [5.41, 5.74) is 10.6. The van der Waals surface area contributed by atoms with E-state index in [1.54, 1.807) is 11.8 Å². The Morgan fingerprint density at radius 2 is 2.03 bits per heavy atom. The van der Waals surface area contributed by atoms with E-state index in [1.165, 1.54) is 12.7 Å². The molecule has 2 aromatic rings. The van der Waals surface area contributed by atoms with Gasteiger partial charge in [0.25, 0.3) is 0 Å². The number of ether oxygens (including phenoxy) is 1. The lowest BCUT2D eigenvalue weighted by molar-refractivity contribution is -0.143. The zero-order chi connectivity index (χ0) is 21.8. The molecule has 0 heterocycles. The van der Waals surface area contributed by atoms with E-state index in [9.17, 15) is 4.79 Å². The van der Waals surface area contributed by atoms with E-state index in [-0.39, 0.29) is 18.1 Å². The summed E-state index contributed by atoms with van der Waals surface area (Å²) in [5.74, 6) is 1.31. The summed E-state index contributed by atoms with van der Waals surface area (Å²) in [6.07, 6.45) is 7.66. The van der Waals surface area contributed by atoms with Crippen molar-refractivity contribution in [1.29, 1.82) is 0 Å². The predicted molar refractivity (Wildman–Crippen MR) is 132 cm³/mol.